The van der Waals surface area contributed by atoms with Crippen LogP contribution in [-0.4, -0.2) is 23.3 Å². The number of hydrogen-bond acceptors (Lipinski definition) is 3. The Hall–Kier alpha value is -3.27. The molecule has 0 saturated heterocycles. The van der Waals surface area contributed by atoms with Gasteiger partial charge in [-0.15, -0.1) is 0 Å². The third-order valence-corrected chi connectivity index (χ3v) is 5.36. The quantitative estimate of drug-likeness (QED) is 0.331. The zero-order valence-corrected chi connectivity index (χ0v) is 17.9. The lowest BCUT2D eigenvalue weighted by Gasteiger charge is -2.12. The monoisotopic (exact) mass is 400 g/mol. The third kappa shape index (κ3) is 4.33. The minimum atomic E-state index is 0.679. The van der Waals surface area contributed by atoms with Crippen LogP contribution >= 0.6 is 0 Å². The lowest BCUT2D eigenvalue weighted by atomic mass is 10.1. The number of para-hydroxylation sites is 2. The molecule has 3 aromatic carbocycles. The molecule has 0 amide bonds. The van der Waals surface area contributed by atoms with E-state index >= 15 is 0 Å². The van der Waals surface area contributed by atoms with Gasteiger partial charge in [0.1, 0.15) is 17.3 Å². The van der Waals surface area contributed by atoms with Crippen LogP contribution < -0.4 is 9.47 Å². The summed E-state index contributed by atoms with van der Waals surface area (Å²) in [6.45, 7) is 5.87. The Morgan fingerprint density at radius 3 is 2.53 bits per heavy atom. The normalized spacial score (nSPS) is 11.0. The number of rotatable bonds is 8. The maximum Gasteiger partial charge on any atom is 0.141 e. The highest BCUT2D eigenvalue weighted by Crippen LogP contribution is 2.28. The summed E-state index contributed by atoms with van der Waals surface area (Å²) in [5.41, 5.74) is 5.95. The van der Waals surface area contributed by atoms with Crippen molar-refractivity contribution in [1.82, 2.24) is 9.55 Å². The Kier molecular flexibility index (Phi) is 6.03. The van der Waals surface area contributed by atoms with Gasteiger partial charge in [0, 0.05) is 18.2 Å². The van der Waals surface area contributed by atoms with Crippen LogP contribution in [0.4, 0.5) is 0 Å². The summed E-state index contributed by atoms with van der Waals surface area (Å²) in [6, 6.07) is 22.7. The molecule has 154 valence electrons. The van der Waals surface area contributed by atoms with Gasteiger partial charge in [0.05, 0.1) is 24.8 Å². The Morgan fingerprint density at radius 1 is 0.867 bits per heavy atom. The number of methoxy groups -OCH3 is 1. The first-order chi connectivity index (χ1) is 14.7. The second-order valence-corrected chi connectivity index (χ2v) is 7.63. The van der Waals surface area contributed by atoms with E-state index in [0.717, 1.165) is 42.2 Å². The van der Waals surface area contributed by atoms with Crippen LogP contribution in [0.15, 0.2) is 66.7 Å². The Bertz CT molecular complexity index is 1150. The zero-order valence-electron chi connectivity index (χ0n) is 17.9. The van der Waals surface area contributed by atoms with Crippen molar-refractivity contribution in [1.29, 1.82) is 0 Å². The highest BCUT2D eigenvalue weighted by molar-refractivity contribution is 5.81. The van der Waals surface area contributed by atoms with Crippen LogP contribution in [0.1, 0.15) is 24.0 Å². The molecule has 0 N–H and O–H groups in total. The van der Waals surface area contributed by atoms with Gasteiger partial charge in [-0.05, 0) is 56.5 Å². The molecule has 4 aromatic rings. The molecule has 0 saturated carbocycles. The van der Waals surface area contributed by atoms with Gasteiger partial charge in [-0.1, -0.05) is 42.0 Å². The maximum absolute atomic E-state index is 5.90. The lowest BCUT2D eigenvalue weighted by Crippen LogP contribution is -2.04. The predicted octanol–water partition coefficient (Wildman–Crippen LogP) is 6.19. The van der Waals surface area contributed by atoms with E-state index in [1.54, 1.807) is 7.11 Å². The van der Waals surface area contributed by atoms with Crippen molar-refractivity contribution < 1.29 is 9.47 Å². The fourth-order valence-corrected chi connectivity index (χ4v) is 3.82. The number of fused-ring (bicyclic) bond motifs is 1. The zero-order chi connectivity index (χ0) is 20.9. The molecule has 0 aliphatic heterocycles. The molecule has 4 nitrogen and oxygen atoms in total. The number of benzene rings is 3. The minimum Gasteiger partial charge on any atom is -0.497 e. The molecule has 0 aliphatic carbocycles. The van der Waals surface area contributed by atoms with Crippen molar-refractivity contribution in [3.63, 3.8) is 0 Å². The standard InChI is InChI=1S/C26H28N2O2/c1-19-13-14-23(20(2)17-19)26-27-24-11-4-5-12-25(24)28(26)15-6-7-16-30-22-10-8-9-21(18-22)29-3/h4-5,8-14,17-18H,6-7,15-16H2,1-3H3. The highest BCUT2D eigenvalue weighted by atomic mass is 16.5. The van der Waals surface area contributed by atoms with Gasteiger partial charge >= 0.3 is 0 Å². The van der Waals surface area contributed by atoms with Gasteiger partial charge in [0.15, 0.2) is 0 Å². The van der Waals surface area contributed by atoms with Crippen molar-refractivity contribution in [2.24, 2.45) is 0 Å². The van der Waals surface area contributed by atoms with Crippen LogP contribution in [0, 0.1) is 13.8 Å². The van der Waals surface area contributed by atoms with Crippen molar-refractivity contribution in [3.8, 4) is 22.9 Å². The van der Waals surface area contributed by atoms with E-state index in [0.29, 0.717) is 6.61 Å². The molecule has 0 radical (unpaired) electrons. The SMILES string of the molecule is COc1cccc(OCCCCn2c(-c3ccc(C)cc3C)nc3ccccc32)c1. The number of unbranched alkanes of at least 4 members (excludes halogenated alkanes) is 1. The van der Waals surface area contributed by atoms with Crippen molar-refractivity contribution in [3.05, 3.63) is 77.9 Å². The lowest BCUT2D eigenvalue weighted by molar-refractivity contribution is 0.301. The van der Waals surface area contributed by atoms with Gasteiger partial charge in [-0.3, -0.25) is 0 Å². The van der Waals surface area contributed by atoms with Crippen molar-refractivity contribution in [2.45, 2.75) is 33.2 Å². The molecule has 0 fully saturated rings. The molecule has 0 spiro atoms. The van der Waals surface area contributed by atoms with E-state index in [4.69, 9.17) is 14.5 Å². The first-order valence-electron chi connectivity index (χ1n) is 10.5. The fourth-order valence-electron chi connectivity index (χ4n) is 3.82. The number of aryl methyl sites for hydroxylation is 3. The molecular weight excluding hydrogens is 372 g/mol. The average Bonchev–Trinajstić information content (AvgIpc) is 3.12. The summed E-state index contributed by atoms with van der Waals surface area (Å²) in [6.07, 6.45) is 1.98. The van der Waals surface area contributed by atoms with Crippen LogP contribution in [0.5, 0.6) is 11.5 Å². The Morgan fingerprint density at radius 2 is 1.70 bits per heavy atom. The number of imidazole rings is 1. The summed E-state index contributed by atoms with van der Waals surface area (Å²) >= 11 is 0. The van der Waals surface area contributed by atoms with E-state index in [1.807, 2.05) is 30.3 Å². The second kappa shape index (κ2) is 9.04. The third-order valence-electron chi connectivity index (χ3n) is 5.36. The van der Waals surface area contributed by atoms with Crippen molar-refractivity contribution in [2.75, 3.05) is 13.7 Å². The molecule has 4 heteroatoms. The van der Waals surface area contributed by atoms with Gasteiger partial charge in [-0.2, -0.15) is 0 Å². The summed E-state index contributed by atoms with van der Waals surface area (Å²) in [4.78, 5) is 4.96. The molecule has 0 unspecified atom stereocenters. The summed E-state index contributed by atoms with van der Waals surface area (Å²) in [7, 11) is 1.67. The first kappa shape index (κ1) is 20.0. The van der Waals surface area contributed by atoms with Crippen LogP contribution in [0.25, 0.3) is 22.4 Å². The molecule has 4 rings (SSSR count). The number of hydrogen-bond donors (Lipinski definition) is 0. The van der Waals surface area contributed by atoms with Crippen LogP contribution in [0.3, 0.4) is 0 Å². The predicted molar refractivity (Wildman–Crippen MR) is 122 cm³/mol. The van der Waals surface area contributed by atoms with E-state index in [9.17, 15) is 0 Å². The summed E-state index contributed by atoms with van der Waals surface area (Å²) < 4.78 is 13.5. The van der Waals surface area contributed by atoms with E-state index in [-0.39, 0.29) is 0 Å². The average molecular weight is 401 g/mol. The number of nitrogens with zero attached hydrogens (tertiary/aromatic N) is 2. The molecular formula is C26H28N2O2. The smallest absolute Gasteiger partial charge is 0.141 e. The topological polar surface area (TPSA) is 36.3 Å². The molecule has 0 atom stereocenters. The minimum absolute atomic E-state index is 0.679. The fraction of sp³-hybridized carbons (Fsp3) is 0.269. The summed E-state index contributed by atoms with van der Waals surface area (Å²) in [5.74, 6) is 2.70. The molecule has 30 heavy (non-hydrogen) atoms. The first-order valence-corrected chi connectivity index (χ1v) is 10.5. The second-order valence-electron chi connectivity index (χ2n) is 7.63. The van der Waals surface area contributed by atoms with Gasteiger partial charge in [0.25, 0.3) is 0 Å². The highest BCUT2D eigenvalue weighted by Gasteiger charge is 2.14. The number of aromatic nitrogens is 2. The summed E-state index contributed by atoms with van der Waals surface area (Å²) in [5, 5.41) is 0. The van der Waals surface area contributed by atoms with Crippen LogP contribution in [-0.2, 0) is 6.54 Å². The van der Waals surface area contributed by atoms with Gasteiger partial charge in [-0.25, -0.2) is 4.98 Å². The van der Waals surface area contributed by atoms with Crippen LogP contribution in [0.2, 0.25) is 0 Å². The molecule has 0 bridgehead atoms. The van der Waals surface area contributed by atoms with Gasteiger partial charge in [0.2, 0.25) is 0 Å². The Labute approximate surface area is 178 Å². The Balaban J connectivity index is 1.48. The maximum atomic E-state index is 5.90. The van der Waals surface area contributed by atoms with E-state index in [1.165, 1.54) is 22.2 Å². The van der Waals surface area contributed by atoms with Gasteiger partial charge < -0.3 is 14.0 Å². The van der Waals surface area contributed by atoms with E-state index in [2.05, 4.69) is 54.8 Å². The number of ether oxygens (including phenoxy) is 2. The largest absolute Gasteiger partial charge is 0.497 e. The molecule has 0 aliphatic rings. The van der Waals surface area contributed by atoms with E-state index < -0.39 is 0 Å². The van der Waals surface area contributed by atoms with Crippen molar-refractivity contribution >= 4 is 11.0 Å². The molecule has 1 aromatic heterocycles. The molecule has 1 heterocycles.